The molecule has 0 unspecified atom stereocenters. The summed E-state index contributed by atoms with van der Waals surface area (Å²) in [6.07, 6.45) is -0.550. The molecule has 4 nitrogen and oxygen atoms in total. The van der Waals surface area contributed by atoms with E-state index < -0.39 is 19.0 Å². The van der Waals surface area contributed by atoms with Gasteiger partial charge in [-0.3, -0.25) is 4.79 Å². The Bertz CT molecular complexity index is 796. The maximum Gasteiger partial charge on any atom is 0.254 e. The van der Waals surface area contributed by atoms with E-state index in [2.05, 4.69) is 15.9 Å². The van der Waals surface area contributed by atoms with Crippen molar-refractivity contribution in [3.63, 3.8) is 0 Å². The highest BCUT2D eigenvalue weighted by Gasteiger charge is 2.37. The average Bonchev–Trinajstić information content (AvgIpc) is 2.91. The molecule has 1 aliphatic heterocycles. The Balaban J connectivity index is 2.09. The van der Waals surface area contributed by atoms with Crippen LogP contribution in [0.2, 0.25) is 0 Å². The van der Waals surface area contributed by atoms with Crippen LogP contribution in [-0.2, 0) is 0 Å². The summed E-state index contributed by atoms with van der Waals surface area (Å²) in [5.74, 6) is -0.696. The molecule has 1 aliphatic rings. The lowest BCUT2D eigenvalue weighted by Crippen LogP contribution is -2.24. The third-order valence-corrected chi connectivity index (χ3v) is 4.21. The summed E-state index contributed by atoms with van der Waals surface area (Å²) in [4.78, 5) is 12.4. The van der Waals surface area contributed by atoms with E-state index in [0.717, 1.165) is 11.1 Å². The highest BCUT2D eigenvalue weighted by molar-refractivity contribution is 9.10. The van der Waals surface area contributed by atoms with E-state index in [1.807, 2.05) is 41.7 Å². The fraction of sp³-hybridized carbons (Fsp3) is 0.235. The Hall–Kier alpha value is -1.85. The molecule has 0 aliphatic carbocycles. The topological polar surface area (TPSA) is 58.6 Å². The molecular formula is C17H16BrNO3. The van der Waals surface area contributed by atoms with Crippen LogP contribution in [0.3, 0.4) is 0 Å². The number of hydrogen-bond donors (Lipinski definition) is 2. The van der Waals surface area contributed by atoms with Crippen LogP contribution in [0.5, 0.6) is 5.75 Å². The monoisotopic (exact) mass is 364 g/mol. The first kappa shape index (κ1) is 11.7. The van der Waals surface area contributed by atoms with Crippen LogP contribution in [0.25, 0.3) is 0 Å². The summed E-state index contributed by atoms with van der Waals surface area (Å²) in [6.45, 7) is -2.83. The van der Waals surface area contributed by atoms with Crippen LogP contribution in [0, 0.1) is 0 Å². The number of rotatable bonds is 3. The van der Waals surface area contributed by atoms with Crippen LogP contribution in [0.15, 0.2) is 46.9 Å². The second-order valence-corrected chi connectivity index (χ2v) is 5.97. The maximum absolute atomic E-state index is 12.4. The van der Waals surface area contributed by atoms with E-state index in [-0.39, 0.29) is 18.1 Å². The number of hydrogen-bond acceptors (Lipinski definition) is 3. The minimum atomic E-state index is -2.60. The third kappa shape index (κ3) is 2.51. The molecule has 2 aromatic rings. The highest BCUT2D eigenvalue weighted by Crippen LogP contribution is 2.45. The number of fused-ring (bicyclic) bond motifs is 1. The van der Waals surface area contributed by atoms with Gasteiger partial charge in [-0.25, -0.2) is 0 Å². The fourth-order valence-electron chi connectivity index (χ4n) is 2.83. The fourth-order valence-corrected chi connectivity index (χ4v) is 3.31. The molecule has 0 saturated heterocycles. The van der Waals surface area contributed by atoms with Gasteiger partial charge in [0.15, 0.2) is 0 Å². The van der Waals surface area contributed by atoms with Gasteiger partial charge >= 0.3 is 0 Å². The van der Waals surface area contributed by atoms with Crippen molar-refractivity contribution in [1.82, 2.24) is 5.32 Å². The van der Waals surface area contributed by atoms with Crippen LogP contribution in [0.4, 0.5) is 0 Å². The van der Waals surface area contributed by atoms with E-state index in [0.29, 0.717) is 10.2 Å². The third-order valence-electron chi connectivity index (χ3n) is 3.76. The van der Waals surface area contributed by atoms with Gasteiger partial charge in [-0.2, -0.15) is 0 Å². The largest absolute Gasteiger partial charge is 0.486 e. The molecule has 1 amide bonds. The minimum Gasteiger partial charge on any atom is -0.486 e. The van der Waals surface area contributed by atoms with Gasteiger partial charge in [0.05, 0.1) is 18.1 Å². The second-order valence-electron chi connectivity index (χ2n) is 5.05. The summed E-state index contributed by atoms with van der Waals surface area (Å²) in [6, 6.07) is 12.9. The standard InChI is InChI=1S/C17H16BrNO3/c1-19-17(21)13-8-11(18)7-12-15(10-5-3-2-4-6-10)14(9-20)22-16(12)13/h2-8,14-15,20H,9H2,1H3,(H,19,21)/t14-,15+/m1/s1/i1D3. The zero-order valence-electron chi connectivity index (χ0n) is 14.5. The van der Waals surface area contributed by atoms with Gasteiger partial charge < -0.3 is 15.2 Å². The van der Waals surface area contributed by atoms with Gasteiger partial charge in [-0.15, -0.1) is 0 Å². The van der Waals surface area contributed by atoms with Crippen molar-refractivity contribution in [3.8, 4) is 5.75 Å². The lowest BCUT2D eigenvalue weighted by atomic mass is 9.88. The van der Waals surface area contributed by atoms with E-state index in [4.69, 9.17) is 8.85 Å². The molecule has 2 atom stereocenters. The van der Waals surface area contributed by atoms with Crippen LogP contribution >= 0.6 is 15.9 Å². The predicted octanol–water partition coefficient (Wildman–Crippen LogP) is 2.69. The Kier molecular flexibility index (Phi) is 3.24. The smallest absolute Gasteiger partial charge is 0.254 e. The summed E-state index contributed by atoms with van der Waals surface area (Å²) >= 11 is 3.37. The molecule has 114 valence electrons. The first-order chi connectivity index (χ1) is 11.8. The second kappa shape index (κ2) is 6.10. The molecule has 0 bridgehead atoms. The Morgan fingerprint density at radius 1 is 1.41 bits per heavy atom. The summed E-state index contributed by atoms with van der Waals surface area (Å²) in [7, 11) is 0. The van der Waals surface area contributed by atoms with E-state index in [9.17, 15) is 9.90 Å². The predicted molar refractivity (Wildman–Crippen MR) is 87.3 cm³/mol. The quantitative estimate of drug-likeness (QED) is 0.880. The lowest BCUT2D eigenvalue weighted by molar-refractivity contribution is 0.0947. The van der Waals surface area contributed by atoms with Gasteiger partial charge in [0, 0.05) is 21.1 Å². The first-order valence-electron chi connectivity index (χ1n) is 8.28. The van der Waals surface area contributed by atoms with Crippen molar-refractivity contribution in [3.05, 3.63) is 63.6 Å². The number of amides is 1. The normalized spacial score (nSPS) is 22.0. The van der Waals surface area contributed by atoms with Gasteiger partial charge in [-0.05, 0) is 17.7 Å². The molecule has 0 radical (unpaired) electrons. The van der Waals surface area contributed by atoms with E-state index in [1.54, 1.807) is 0 Å². The molecule has 0 fully saturated rings. The van der Waals surface area contributed by atoms with E-state index in [1.165, 1.54) is 6.07 Å². The minimum absolute atomic E-state index is 0.123. The molecule has 22 heavy (non-hydrogen) atoms. The van der Waals surface area contributed by atoms with E-state index >= 15 is 0 Å². The Labute approximate surface area is 141 Å². The summed E-state index contributed by atoms with van der Waals surface area (Å²) < 4.78 is 28.1. The van der Waals surface area contributed by atoms with Gasteiger partial charge in [-0.1, -0.05) is 46.3 Å². The van der Waals surface area contributed by atoms with Crippen molar-refractivity contribution in [2.75, 3.05) is 13.6 Å². The van der Waals surface area contributed by atoms with Gasteiger partial charge in [0.1, 0.15) is 11.9 Å². The average molecular weight is 365 g/mol. The van der Waals surface area contributed by atoms with Crippen LogP contribution in [-0.4, -0.2) is 30.7 Å². The first-order valence-corrected chi connectivity index (χ1v) is 7.58. The van der Waals surface area contributed by atoms with Crippen molar-refractivity contribution < 1.29 is 18.8 Å². The molecule has 0 aromatic heterocycles. The van der Waals surface area contributed by atoms with Crippen molar-refractivity contribution in [2.24, 2.45) is 0 Å². The van der Waals surface area contributed by atoms with Crippen molar-refractivity contribution in [2.45, 2.75) is 12.0 Å². The number of carbonyl (C=O) groups is 1. The number of benzene rings is 2. The molecular weight excluding hydrogens is 346 g/mol. The molecule has 0 saturated carbocycles. The molecule has 1 heterocycles. The lowest BCUT2D eigenvalue weighted by Gasteiger charge is -2.17. The van der Waals surface area contributed by atoms with Gasteiger partial charge in [0.2, 0.25) is 0 Å². The number of nitrogens with one attached hydrogen (secondary N) is 1. The van der Waals surface area contributed by atoms with Crippen molar-refractivity contribution >= 4 is 21.8 Å². The van der Waals surface area contributed by atoms with Gasteiger partial charge in [0.25, 0.3) is 5.91 Å². The number of halogens is 1. The maximum atomic E-state index is 12.4. The number of aliphatic hydroxyl groups is 1. The molecule has 3 rings (SSSR count). The molecule has 2 aromatic carbocycles. The highest BCUT2D eigenvalue weighted by atomic mass is 79.9. The number of aliphatic hydroxyl groups excluding tert-OH is 1. The van der Waals surface area contributed by atoms with Crippen LogP contribution in [0.1, 0.15) is 31.5 Å². The molecule has 0 spiro atoms. The summed E-state index contributed by atoms with van der Waals surface area (Å²) in [5.41, 5.74) is 1.80. The zero-order chi connectivity index (χ0) is 18.2. The van der Waals surface area contributed by atoms with Crippen molar-refractivity contribution in [1.29, 1.82) is 0 Å². The zero-order valence-corrected chi connectivity index (χ0v) is 13.1. The Morgan fingerprint density at radius 2 is 2.18 bits per heavy atom. The number of carbonyl (C=O) groups excluding carboxylic acids is 1. The molecule has 5 heteroatoms. The molecule has 2 N–H and O–H groups in total. The SMILES string of the molecule is [2H]C([2H])([2H])NC(=O)c1cc(Br)cc2c1O[C@H](CO)[C@H]2c1ccccc1. The Morgan fingerprint density at radius 3 is 2.86 bits per heavy atom. The number of ether oxygens (including phenoxy) is 1. The summed E-state index contributed by atoms with van der Waals surface area (Å²) in [5, 5.41) is 11.7. The van der Waals surface area contributed by atoms with Crippen LogP contribution < -0.4 is 10.1 Å².